The van der Waals surface area contributed by atoms with E-state index in [0.717, 1.165) is 11.1 Å². The van der Waals surface area contributed by atoms with Gasteiger partial charge in [0.1, 0.15) is 11.6 Å². The molecule has 5 heteroatoms. The number of nitrogens with zero attached hydrogens (tertiary/aromatic N) is 2. The Hall–Kier alpha value is -2.56. The molecule has 0 fully saturated rings. The average Bonchev–Trinajstić information content (AvgIpc) is 2.81. The Morgan fingerprint density at radius 1 is 1.17 bits per heavy atom. The SMILES string of the molecule is COc1ccc2[nH]c(-c3cccc(O)c3)nc2n1. The fraction of sp³-hybridized carbons (Fsp3) is 0.0769. The number of aromatic nitrogens is 3. The molecule has 3 rings (SSSR count). The number of methoxy groups -OCH3 is 1. The topological polar surface area (TPSA) is 71.0 Å². The van der Waals surface area contributed by atoms with Crippen molar-refractivity contribution in [2.45, 2.75) is 0 Å². The Morgan fingerprint density at radius 3 is 2.83 bits per heavy atom. The van der Waals surface area contributed by atoms with Crippen LogP contribution in [0.25, 0.3) is 22.6 Å². The van der Waals surface area contributed by atoms with Crippen molar-refractivity contribution in [3.05, 3.63) is 36.4 Å². The van der Waals surface area contributed by atoms with Crippen LogP contribution in [-0.4, -0.2) is 27.2 Å². The van der Waals surface area contributed by atoms with Crippen molar-refractivity contribution in [2.75, 3.05) is 7.11 Å². The highest BCUT2D eigenvalue weighted by atomic mass is 16.5. The molecule has 90 valence electrons. The van der Waals surface area contributed by atoms with Gasteiger partial charge in [-0.05, 0) is 18.2 Å². The summed E-state index contributed by atoms with van der Waals surface area (Å²) in [5, 5.41) is 9.45. The maximum Gasteiger partial charge on any atom is 0.215 e. The maximum absolute atomic E-state index is 9.45. The van der Waals surface area contributed by atoms with Crippen LogP contribution in [0, 0.1) is 0 Å². The third kappa shape index (κ3) is 1.75. The standard InChI is InChI=1S/C13H11N3O2/c1-18-11-6-5-10-13(15-11)16-12(14-10)8-3-2-4-9(17)7-8/h2-7,17H,1H3,(H,14,15,16). The fourth-order valence-corrected chi connectivity index (χ4v) is 1.78. The summed E-state index contributed by atoms with van der Waals surface area (Å²) in [5.41, 5.74) is 2.23. The molecular formula is C13H11N3O2. The molecule has 3 aromatic rings. The van der Waals surface area contributed by atoms with Gasteiger partial charge < -0.3 is 14.8 Å². The number of H-pyrrole nitrogens is 1. The first-order valence-corrected chi connectivity index (χ1v) is 5.46. The van der Waals surface area contributed by atoms with E-state index in [1.807, 2.05) is 12.1 Å². The Morgan fingerprint density at radius 2 is 2.06 bits per heavy atom. The number of imidazole rings is 1. The lowest BCUT2D eigenvalue weighted by Crippen LogP contribution is -1.86. The lowest BCUT2D eigenvalue weighted by molar-refractivity contribution is 0.399. The molecule has 2 heterocycles. The maximum atomic E-state index is 9.45. The van der Waals surface area contributed by atoms with Gasteiger partial charge >= 0.3 is 0 Å². The van der Waals surface area contributed by atoms with Gasteiger partial charge in [0.05, 0.1) is 12.6 Å². The molecule has 2 N–H and O–H groups in total. The highest BCUT2D eigenvalue weighted by Gasteiger charge is 2.07. The normalized spacial score (nSPS) is 10.7. The predicted molar refractivity (Wildman–Crippen MR) is 67.5 cm³/mol. The highest BCUT2D eigenvalue weighted by molar-refractivity contribution is 5.76. The molecule has 0 radical (unpaired) electrons. The average molecular weight is 241 g/mol. The monoisotopic (exact) mass is 241 g/mol. The number of phenols is 1. The minimum absolute atomic E-state index is 0.207. The Bertz CT molecular complexity index is 706. The number of fused-ring (bicyclic) bond motifs is 1. The lowest BCUT2D eigenvalue weighted by atomic mass is 10.2. The van der Waals surface area contributed by atoms with Crippen molar-refractivity contribution in [1.29, 1.82) is 0 Å². The molecular weight excluding hydrogens is 230 g/mol. The Labute approximate surface area is 103 Å². The van der Waals surface area contributed by atoms with Crippen LogP contribution < -0.4 is 4.74 Å². The number of ether oxygens (including phenoxy) is 1. The fourth-order valence-electron chi connectivity index (χ4n) is 1.78. The van der Waals surface area contributed by atoms with E-state index in [1.54, 1.807) is 31.4 Å². The van der Waals surface area contributed by atoms with Crippen LogP contribution in [0.1, 0.15) is 0 Å². The number of aromatic hydroxyl groups is 1. The van der Waals surface area contributed by atoms with Gasteiger partial charge in [0, 0.05) is 11.6 Å². The van der Waals surface area contributed by atoms with Crippen molar-refractivity contribution < 1.29 is 9.84 Å². The zero-order chi connectivity index (χ0) is 12.5. The van der Waals surface area contributed by atoms with Gasteiger partial charge in [-0.15, -0.1) is 0 Å². The van der Waals surface area contributed by atoms with Crippen LogP contribution in [0.2, 0.25) is 0 Å². The van der Waals surface area contributed by atoms with Crippen LogP contribution in [0.3, 0.4) is 0 Å². The summed E-state index contributed by atoms with van der Waals surface area (Å²) in [5.74, 6) is 1.40. The minimum atomic E-state index is 0.207. The molecule has 0 bridgehead atoms. The molecule has 0 aliphatic carbocycles. The van der Waals surface area contributed by atoms with Crippen LogP contribution in [-0.2, 0) is 0 Å². The van der Waals surface area contributed by atoms with E-state index in [9.17, 15) is 5.11 Å². The molecule has 18 heavy (non-hydrogen) atoms. The number of hydrogen-bond acceptors (Lipinski definition) is 4. The number of benzene rings is 1. The summed E-state index contributed by atoms with van der Waals surface area (Å²) in [4.78, 5) is 11.8. The van der Waals surface area contributed by atoms with E-state index in [1.165, 1.54) is 0 Å². The third-order valence-corrected chi connectivity index (χ3v) is 2.65. The molecule has 5 nitrogen and oxygen atoms in total. The molecule has 0 spiro atoms. The van der Waals surface area contributed by atoms with Crippen molar-refractivity contribution >= 4 is 11.2 Å². The molecule has 0 unspecified atom stereocenters. The highest BCUT2D eigenvalue weighted by Crippen LogP contribution is 2.23. The Balaban J connectivity index is 2.13. The largest absolute Gasteiger partial charge is 0.508 e. The second-order valence-electron chi connectivity index (χ2n) is 3.86. The predicted octanol–water partition coefficient (Wildman–Crippen LogP) is 2.34. The van der Waals surface area contributed by atoms with Gasteiger partial charge in [-0.25, -0.2) is 4.98 Å². The van der Waals surface area contributed by atoms with Gasteiger partial charge in [-0.3, -0.25) is 0 Å². The first kappa shape index (κ1) is 10.6. The second kappa shape index (κ2) is 4.03. The van der Waals surface area contributed by atoms with Gasteiger partial charge in [-0.1, -0.05) is 12.1 Å². The molecule has 0 atom stereocenters. The number of aromatic amines is 1. The first-order valence-electron chi connectivity index (χ1n) is 5.46. The molecule has 0 aliphatic heterocycles. The van der Waals surface area contributed by atoms with E-state index >= 15 is 0 Å². The number of nitrogens with one attached hydrogen (secondary N) is 1. The van der Waals surface area contributed by atoms with E-state index in [0.29, 0.717) is 17.4 Å². The van der Waals surface area contributed by atoms with Crippen molar-refractivity contribution in [3.8, 4) is 23.0 Å². The quantitative estimate of drug-likeness (QED) is 0.722. The molecule has 0 saturated heterocycles. The van der Waals surface area contributed by atoms with Gasteiger partial charge in [0.25, 0.3) is 0 Å². The zero-order valence-electron chi connectivity index (χ0n) is 9.71. The molecule has 2 aromatic heterocycles. The third-order valence-electron chi connectivity index (χ3n) is 2.65. The van der Waals surface area contributed by atoms with Crippen molar-refractivity contribution in [2.24, 2.45) is 0 Å². The molecule has 0 saturated carbocycles. The number of pyridine rings is 1. The van der Waals surface area contributed by atoms with E-state index in [2.05, 4.69) is 15.0 Å². The minimum Gasteiger partial charge on any atom is -0.508 e. The van der Waals surface area contributed by atoms with Crippen LogP contribution in [0.4, 0.5) is 0 Å². The summed E-state index contributed by atoms with van der Waals surface area (Å²) in [6, 6.07) is 10.5. The van der Waals surface area contributed by atoms with E-state index < -0.39 is 0 Å². The summed E-state index contributed by atoms with van der Waals surface area (Å²) >= 11 is 0. The van der Waals surface area contributed by atoms with Crippen LogP contribution in [0.15, 0.2) is 36.4 Å². The summed E-state index contributed by atoms with van der Waals surface area (Å²) < 4.78 is 5.05. The van der Waals surface area contributed by atoms with Crippen molar-refractivity contribution in [3.63, 3.8) is 0 Å². The van der Waals surface area contributed by atoms with Gasteiger partial charge in [0.15, 0.2) is 5.65 Å². The van der Waals surface area contributed by atoms with Gasteiger partial charge in [0.2, 0.25) is 5.88 Å². The zero-order valence-corrected chi connectivity index (χ0v) is 9.71. The van der Waals surface area contributed by atoms with E-state index in [-0.39, 0.29) is 5.75 Å². The first-order chi connectivity index (χ1) is 8.76. The van der Waals surface area contributed by atoms with Gasteiger partial charge in [-0.2, -0.15) is 4.98 Å². The van der Waals surface area contributed by atoms with Crippen LogP contribution >= 0.6 is 0 Å². The second-order valence-corrected chi connectivity index (χ2v) is 3.86. The summed E-state index contributed by atoms with van der Waals surface area (Å²) in [7, 11) is 1.57. The molecule has 0 amide bonds. The summed E-state index contributed by atoms with van der Waals surface area (Å²) in [6.45, 7) is 0. The molecule has 0 aliphatic rings. The number of rotatable bonds is 2. The summed E-state index contributed by atoms with van der Waals surface area (Å²) in [6.07, 6.45) is 0. The number of hydrogen-bond donors (Lipinski definition) is 2. The van der Waals surface area contributed by atoms with Crippen molar-refractivity contribution in [1.82, 2.24) is 15.0 Å². The molecule has 1 aromatic carbocycles. The van der Waals surface area contributed by atoms with E-state index in [4.69, 9.17) is 4.74 Å². The number of phenolic OH excluding ortho intramolecular Hbond substituents is 1. The Kier molecular flexibility index (Phi) is 2.37. The smallest absolute Gasteiger partial charge is 0.215 e. The lowest BCUT2D eigenvalue weighted by Gasteiger charge is -1.96. The van der Waals surface area contributed by atoms with Crippen LogP contribution in [0.5, 0.6) is 11.6 Å².